The van der Waals surface area contributed by atoms with Gasteiger partial charge >= 0.3 is 0 Å². The van der Waals surface area contributed by atoms with Crippen LogP contribution in [0.25, 0.3) is 0 Å². The molecule has 0 aromatic heterocycles. The van der Waals surface area contributed by atoms with Crippen molar-refractivity contribution in [1.82, 2.24) is 0 Å². The lowest BCUT2D eigenvalue weighted by atomic mass is 10.2. The van der Waals surface area contributed by atoms with Gasteiger partial charge in [-0.15, -0.1) is 0 Å². The highest BCUT2D eigenvalue weighted by molar-refractivity contribution is 9.10. The van der Waals surface area contributed by atoms with E-state index in [4.69, 9.17) is 9.47 Å². The number of halogens is 1. The van der Waals surface area contributed by atoms with Crippen LogP contribution < -0.4 is 15.2 Å². The first-order valence-corrected chi connectivity index (χ1v) is 5.89. The first kappa shape index (κ1) is 12.3. The lowest BCUT2D eigenvalue weighted by molar-refractivity contribution is -0.386. The van der Waals surface area contributed by atoms with Gasteiger partial charge in [-0.1, -0.05) is 0 Å². The van der Waals surface area contributed by atoms with Crippen LogP contribution in [0.4, 0.5) is 0 Å². The van der Waals surface area contributed by atoms with E-state index in [9.17, 15) is 0 Å². The number of hydrogen-bond donors (Lipinski definition) is 1. The fourth-order valence-electron chi connectivity index (χ4n) is 1.31. The van der Waals surface area contributed by atoms with E-state index in [1.165, 1.54) is 0 Å². The van der Waals surface area contributed by atoms with Gasteiger partial charge in [-0.3, -0.25) is 0 Å². The van der Waals surface area contributed by atoms with Gasteiger partial charge in [-0.05, 0) is 41.9 Å². The second-order valence-electron chi connectivity index (χ2n) is 3.02. The molecule has 0 aliphatic rings. The van der Waals surface area contributed by atoms with Crippen LogP contribution in [0.15, 0.2) is 16.6 Å². The molecule has 3 N–H and O–H groups in total. The summed E-state index contributed by atoms with van der Waals surface area (Å²) >= 11 is 3.48. The Morgan fingerprint density at radius 3 is 2.40 bits per heavy atom. The summed E-state index contributed by atoms with van der Waals surface area (Å²) in [6.45, 7) is 5.92. The third-order valence-corrected chi connectivity index (χ3v) is 2.54. The first-order chi connectivity index (χ1) is 7.22. The van der Waals surface area contributed by atoms with Crippen LogP contribution in [-0.2, 0) is 6.54 Å². The van der Waals surface area contributed by atoms with Crippen LogP contribution >= 0.6 is 15.9 Å². The summed E-state index contributed by atoms with van der Waals surface area (Å²) in [5.41, 5.74) is 4.99. The van der Waals surface area contributed by atoms with Crippen molar-refractivity contribution < 1.29 is 15.2 Å². The summed E-state index contributed by atoms with van der Waals surface area (Å²) in [4.78, 5) is 0. The van der Waals surface area contributed by atoms with Crippen LogP contribution in [-0.4, -0.2) is 13.2 Å². The van der Waals surface area contributed by atoms with E-state index in [0.29, 0.717) is 13.2 Å². The Kier molecular flexibility index (Phi) is 4.91. The molecule has 15 heavy (non-hydrogen) atoms. The summed E-state index contributed by atoms with van der Waals surface area (Å²) in [6.07, 6.45) is 0. The molecule has 1 rings (SSSR count). The summed E-state index contributed by atoms with van der Waals surface area (Å²) in [6, 6.07) is 3.99. The average molecular weight is 275 g/mol. The molecule has 0 saturated carbocycles. The maximum Gasteiger partial charge on any atom is 0.175 e. The standard InChI is InChI=1S/C11H16BrNO2/c1-3-14-10-6-8(7-13)5-9(12)11(10)15-4-2/h5-6H,3-4,7,13H2,1-2H3/p+1. The predicted octanol–water partition coefficient (Wildman–Crippen LogP) is 1.99. The molecule has 0 saturated heterocycles. The van der Waals surface area contributed by atoms with Gasteiger partial charge in [-0.25, -0.2) is 0 Å². The van der Waals surface area contributed by atoms with Crippen molar-refractivity contribution in [1.29, 1.82) is 0 Å². The summed E-state index contributed by atoms with van der Waals surface area (Å²) in [5, 5.41) is 0. The first-order valence-electron chi connectivity index (χ1n) is 5.10. The fraction of sp³-hybridized carbons (Fsp3) is 0.455. The SMILES string of the molecule is CCOc1cc(C[NH3+])cc(Br)c1OCC. The Morgan fingerprint density at radius 1 is 1.20 bits per heavy atom. The van der Waals surface area contributed by atoms with E-state index in [1.54, 1.807) is 0 Å². The molecule has 0 unspecified atom stereocenters. The molecule has 4 heteroatoms. The van der Waals surface area contributed by atoms with Crippen LogP contribution in [0, 0.1) is 0 Å². The Bertz CT molecular complexity index is 329. The van der Waals surface area contributed by atoms with E-state index in [1.807, 2.05) is 26.0 Å². The Labute approximate surface area is 98.7 Å². The van der Waals surface area contributed by atoms with Crippen molar-refractivity contribution >= 4 is 15.9 Å². The molecule has 0 radical (unpaired) electrons. The van der Waals surface area contributed by atoms with Gasteiger partial charge in [0.15, 0.2) is 11.5 Å². The monoisotopic (exact) mass is 274 g/mol. The van der Waals surface area contributed by atoms with Crippen molar-refractivity contribution in [2.24, 2.45) is 0 Å². The van der Waals surface area contributed by atoms with Gasteiger partial charge < -0.3 is 15.2 Å². The van der Waals surface area contributed by atoms with Gasteiger partial charge in [0.25, 0.3) is 0 Å². The summed E-state index contributed by atoms with van der Waals surface area (Å²) in [5.74, 6) is 1.56. The molecule has 0 atom stereocenters. The lowest BCUT2D eigenvalue weighted by Gasteiger charge is -2.13. The number of rotatable bonds is 5. The van der Waals surface area contributed by atoms with Crippen LogP contribution in [0.1, 0.15) is 19.4 Å². The highest BCUT2D eigenvalue weighted by Gasteiger charge is 2.11. The number of quaternary nitrogens is 1. The second kappa shape index (κ2) is 5.98. The quantitative estimate of drug-likeness (QED) is 0.893. The van der Waals surface area contributed by atoms with Gasteiger partial charge in [-0.2, -0.15) is 0 Å². The van der Waals surface area contributed by atoms with E-state index in [2.05, 4.69) is 21.7 Å². The highest BCUT2D eigenvalue weighted by atomic mass is 79.9. The Balaban J connectivity index is 3.10. The minimum atomic E-state index is 0.627. The molecule has 0 spiro atoms. The maximum absolute atomic E-state index is 5.53. The smallest absolute Gasteiger partial charge is 0.175 e. The number of benzene rings is 1. The molecule has 84 valence electrons. The zero-order chi connectivity index (χ0) is 11.3. The molecular formula is C11H17BrNO2+. The van der Waals surface area contributed by atoms with Crippen LogP contribution in [0.2, 0.25) is 0 Å². The van der Waals surface area contributed by atoms with E-state index >= 15 is 0 Å². The number of ether oxygens (including phenoxy) is 2. The van der Waals surface area contributed by atoms with Crippen molar-refractivity contribution in [3.05, 3.63) is 22.2 Å². The zero-order valence-corrected chi connectivity index (χ0v) is 10.8. The van der Waals surface area contributed by atoms with E-state index < -0.39 is 0 Å². The Hall–Kier alpha value is -0.740. The molecular weight excluding hydrogens is 258 g/mol. The predicted molar refractivity (Wildman–Crippen MR) is 63.1 cm³/mol. The molecule has 0 amide bonds. The van der Waals surface area contributed by atoms with Gasteiger partial charge in [0.2, 0.25) is 0 Å². The van der Waals surface area contributed by atoms with E-state index in [0.717, 1.165) is 28.1 Å². The molecule has 0 fully saturated rings. The average Bonchev–Trinajstić information content (AvgIpc) is 2.23. The summed E-state index contributed by atoms with van der Waals surface area (Å²) in [7, 11) is 0. The maximum atomic E-state index is 5.53. The van der Waals surface area contributed by atoms with Crippen molar-refractivity contribution in [2.45, 2.75) is 20.4 Å². The molecule has 0 aliphatic carbocycles. The highest BCUT2D eigenvalue weighted by Crippen LogP contribution is 2.36. The van der Waals surface area contributed by atoms with Gasteiger partial charge in [0, 0.05) is 5.56 Å². The minimum Gasteiger partial charge on any atom is -0.490 e. The molecule has 0 bridgehead atoms. The largest absolute Gasteiger partial charge is 0.490 e. The normalized spacial score (nSPS) is 10.1. The van der Waals surface area contributed by atoms with Crippen molar-refractivity contribution in [3.8, 4) is 11.5 Å². The molecule has 0 heterocycles. The molecule has 3 nitrogen and oxygen atoms in total. The van der Waals surface area contributed by atoms with E-state index in [-0.39, 0.29) is 0 Å². The minimum absolute atomic E-state index is 0.627. The third kappa shape index (κ3) is 3.11. The van der Waals surface area contributed by atoms with Gasteiger partial charge in [0.1, 0.15) is 0 Å². The molecule has 1 aromatic carbocycles. The van der Waals surface area contributed by atoms with Crippen molar-refractivity contribution in [2.75, 3.05) is 13.2 Å². The molecule has 1 aromatic rings. The number of hydrogen-bond acceptors (Lipinski definition) is 2. The Morgan fingerprint density at radius 2 is 1.87 bits per heavy atom. The van der Waals surface area contributed by atoms with Crippen molar-refractivity contribution in [3.63, 3.8) is 0 Å². The van der Waals surface area contributed by atoms with Crippen LogP contribution in [0.5, 0.6) is 11.5 Å². The fourth-order valence-corrected chi connectivity index (χ4v) is 1.92. The van der Waals surface area contributed by atoms with Gasteiger partial charge in [0.05, 0.1) is 24.2 Å². The zero-order valence-electron chi connectivity index (χ0n) is 9.18. The van der Waals surface area contributed by atoms with Crippen LogP contribution in [0.3, 0.4) is 0 Å². The summed E-state index contributed by atoms with van der Waals surface area (Å²) < 4.78 is 12.0. The third-order valence-electron chi connectivity index (χ3n) is 1.95. The second-order valence-corrected chi connectivity index (χ2v) is 3.88. The topological polar surface area (TPSA) is 46.1 Å². The molecule has 0 aliphatic heterocycles. The lowest BCUT2D eigenvalue weighted by Crippen LogP contribution is -2.47.